The van der Waals surface area contributed by atoms with Crippen LogP contribution in [0.1, 0.15) is 24.8 Å². The number of hydrogen-bond donors (Lipinski definition) is 1. The number of nitro groups is 1. The first kappa shape index (κ1) is 15.6. The molecule has 1 fully saturated rings. The molecule has 116 valence electrons. The quantitative estimate of drug-likeness (QED) is 0.671. The predicted molar refractivity (Wildman–Crippen MR) is 76.9 cm³/mol. The van der Waals surface area contributed by atoms with Crippen LogP contribution in [0.4, 0.5) is 20.2 Å². The standard InChI is InChI=1S/C14H19F2N3O2/c1-17-8-10-3-2-6-18(9-10)13-5-4-11(19(20)21)7-12(13)14(15)16/h4-5,7,10,14,17H,2-3,6,8-9H2,1H3. The van der Waals surface area contributed by atoms with Crippen LogP contribution in [0.25, 0.3) is 0 Å². The van der Waals surface area contributed by atoms with Crippen LogP contribution in [0.2, 0.25) is 0 Å². The maximum absolute atomic E-state index is 13.2. The van der Waals surface area contributed by atoms with Gasteiger partial charge in [-0.2, -0.15) is 0 Å². The van der Waals surface area contributed by atoms with Gasteiger partial charge in [0.25, 0.3) is 12.1 Å². The van der Waals surface area contributed by atoms with Crippen LogP contribution in [0.5, 0.6) is 0 Å². The lowest BCUT2D eigenvalue weighted by molar-refractivity contribution is -0.385. The van der Waals surface area contributed by atoms with Crippen molar-refractivity contribution in [1.29, 1.82) is 0 Å². The molecule has 0 aromatic heterocycles. The summed E-state index contributed by atoms with van der Waals surface area (Å²) in [6.07, 6.45) is -0.718. The van der Waals surface area contributed by atoms with Gasteiger partial charge in [-0.05, 0) is 38.4 Å². The Hall–Kier alpha value is -1.76. The second-order valence-electron chi connectivity index (χ2n) is 5.31. The van der Waals surface area contributed by atoms with Gasteiger partial charge in [0.1, 0.15) is 0 Å². The molecule has 0 radical (unpaired) electrons. The highest BCUT2D eigenvalue weighted by Crippen LogP contribution is 2.35. The Morgan fingerprint density at radius 3 is 2.90 bits per heavy atom. The number of halogens is 2. The number of rotatable bonds is 5. The van der Waals surface area contributed by atoms with E-state index in [4.69, 9.17) is 0 Å². The van der Waals surface area contributed by atoms with E-state index >= 15 is 0 Å². The summed E-state index contributed by atoms with van der Waals surface area (Å²) in [6, 6.07) is 3.73. The molecule has 2 rings (SSSR count). The summed E-state index contributed by atoms with van der Waals surface area (Å²) in [5, 5.41) is 13.8. The lowest BCUT2D eigenvalue weighted by atomic mass is 9.96. The molecule has 1 atom stereocenters. The Morgan fingerprint density at radius 2 is 2.29 bits per heavy atom. The molecule has 0 spiro atoms. The molecule has 0 saturated carbocycles. The van der Waals surface area contributed by atoms with Crippen LogP contribution in [-0.2, 0) is 0 Å². The fourth-order valence-electron chi connectivity index (χ4n) is 2.86. The normalized spacial score (nSPS) is 19.0. The van der Waals surface area contributed by atoms with Crippen molar-refractivity contribution in [2.45, 2.75) is 19.3 Å². The molecule has 1 aliphatic heterocycles. The predicted octanol–water partition coefficient (Wildman–Crippen LogP) is 2.97. The van der Waals surface area contributed by atoms with E-state index in [1.807, 2.05) is 11.9 Å². The van der Waals surface area contributed by atoms with Gasteiger partial charge in [-0.25, -0.2) is 8.78 Å². The molecule has 5 nitrogen and oxygen atoms in total. The number of alkyl halides is 2. The highest BCUT2D eigenvalue weighted by atomic mass is 19.3. The average molecular weight is 299 g/mol. The van der Waals surface area contributed by atoms with E-state index in [0.717, 1.165) is 25.5 Å². The van der Waals surface area contributed by atoms with Crippen LogP contribution in [0, 0.1) is 16.0 Å². The number of nitrogens with zero attached hydrogens (tertiary/aromatic N) is 2. The molecule has 21 heavy (non-hydrogen) atoms. The summed E-state index contributed by atoms with van der Waals surface area (Å²) >= 11 is 0. The van der Waals surface area contributed by atoms with Gasteiger partial charge in [-0.3, -0.25) is 10.1 Å². The molecule has 0 bridgehead atoms. The molecule has 1 aliphatic rings. The minimum absolute atomic E-state index is 0.255. The summed E-state index contributed by atoms with van der Waals surface area (Å²) in [5.74, 6) is 0.407. The van der Waals surface area contributed by atoms with Gasteiger partial charge < -0.3 is 10.2 Å². The number of benzene rings is 1. The van der Waals surface area contributed by atoms with Crippen LogP contribution < -0.4 is 10.2 Å². The summed E-state index contributed by atoms with van der Waals surface area (Å²) < 4.78 is 26.4. The van der Waals surface area contributed by atoms with Crippen molar-refractivity contribution in [3.63, 3.8) is 0 Å². The minimum atomic E-state index is -2.72. The van der Waals surface area contributed by atoms with E-state index in [2.05, 4.69) is 5.32 Å². The molecule has 0 amide bonds. The molecule has 1 unspecified atom stereocenters. The number of hydrogen-bond acceptors (Lipinski definition) is 4. The van der Waals surface area contributed by atoms with E-state index in [1.54, 1.807) is 0 Å². The summed E-state index contributed by atoms with van der Waals surface area (Å²) in [7, 11) is 1.87. The Labute approximate surface area is 122 Å². The minimum Gasteiger partial charge on any atom is -0.371 e. The smallest absolute Gasteiger partial charge is 0.270 e. The van der Waals surface area contributed by atoms with E-state index in [0.29, 0.717) is 24.7 Å². The van der Waals surface area contributed by atoms with Crippen molar-refractivity contribution in [2.75, 3.05) is 31.6 Å². The molecule has 1 saturated heterocycles. The van der Waals surface area contributed by atoms with E-state index < -0.39 is 11.3 Å². The second-order valence-corrected chi connectivity index (χ2v) is 5.31. The lowest BCUT2D eigenvalue weighted by Crippen LogP contribution is -2.39. The topological polar surface area (TPSA) is 58.4 Å². The van der Waals surface area contributed by atoms with Crippen LogP contribution in [0.15, 0.2) is 18.2 Å². The van der Waals surface area contributed by atoms with E-state index in [-0.39, 0.29) is 11.3 Å². The van der Waals surface area contributed by atoms with Crippen molar-refractivity contribution in [2.24, 2.45) is 5.92 Å². The number of nitro benzene ring substituents is 1. The molecule has 0 aliphatic carbocycles. The van der Waals surface area contributed by atoms with Gasteiger partial charge in [-0.1, -0.05) is 0 Å². The third kappa shape index (κ3) is 3.66. The van der Waals surface area contributed by atoms with Crippen molar-refractivity contribution in [3.8, 4) is 0 Å². The molecule has 1 aromatic rings. The van der Waals surface area contributed by atoms with Crippen LogP contribution in [-0.4, -0.2) is 31.6 Å². The second kappa shape index (κ2) is 6.80. The Balaban J connectivity index is 2.27. The number of anilines is 1. The van der Waals surface area contributed by atoms with Gasteiger partial charge in [0.2, 0.25) is 0 Å². The lowest BCUT2D eigenvalue weighted by Gasteiger charge is -2.35. The molecular weight excluding hydrogens is 280 g/mol. The molecular formula is C14H19F2N3O2. The third-order valence-corrected chi connectivity index (χ3v) is 3.81. The zero-order valence-electron chi connectivity index (χ0n) is 11.9. The summed E-state index contributed by atoms with van der Waals surface area (Å²) in [5.41, 5.74) is -0.136. The molecule has 7 heteroatoms. The van der Waals surface area contributed by atoms with Gasteiger partial charge >= 0.3 is 0 Å². The summed E-state index contributed by atoms with van der Waals surface area (Å²) in [4.78, 5) is 12.0. The van der Waals surface area contributed by atoms with Crippen LogP contribution in [0.3, 0.4) is 0 Å². The Kier molecular flexibility index (Phi) is 5.06. The number of non-ortho nitro benzene ring substituents is 1. The first-order valence-corrected chi connectivity index (χ1v) is 6.99. The fraction of sp³-hybridized carbons (Fsp3) is 0.571. The van der Waals surface area contributed by atoms with Gasteiger partial charge in [0.05, 0.1) is 4.92 Å². The Bertz CT molecular complexity index is 509. The molecule has 1 N–H and O–H groups in total. The number of piperidine rings is 1. The monoisotopic (exact) mass is 299 g/mol. The third-order valence-electron chi connectivity index (χ3n) is 3.81. The Morgan fingerprint density at radius 1 is 1.52 bits per heavy atom. The first-order chi connectivity index (χ1) is 10.0. The zero-order valence-corrected chi connectivity index (χ0v) is 11.9. The molecule has 1 aromatic carbocycles. The van der Waals surface area contributed by atoms with E-state index in [1.165, 1.54) is 12.1 Å². The van der Waals surface area contributed by atoms with E-state index in [9.17, 15) is 18.9 Å². The fourth-order valence-corrected chi connectivity index (χ4v) is 2.86. The zero-order chi connectivity index (χ0) is 15.4. The number of nitrogens with one attached hydrogen (secondary N) is 1. The van der Waals surface area contributed by atoms with Gasteiger partial charge in [0, 0.05) is 36.5 Å². The van der Waals surface area contributed by atoms with Crippen molar-refractivity contribution in [3.05, 3.63) is 33.9 Å². The molecule has 1 heterocycles. The SMILES string of the molecule is CNCC1CCCN(c2ccc([N+](=O)[O-])cc2C(F)F)C1. The summed E-state index contributed by atoms with van der Waals surface area (Å²) in [6.45, 7) is 2.24. The van der Waals surface area contributed by atoms with Crippen LogP contribution >= 0.6 is 0 Å². The van der Waals surface area contributed by atoms with Crippen molar-refractivity contribution in [1.82, 2.24) is 5.32 Å². The van der Waals surface area contributed by atoms with Crippen molar-refractivity contribution < 1.29 is 13.7 Å². The first-order valence-electron chi connectivity index (χ1n) is 6.99. The highest BCUT2D eigenvalue weighted by molar-refractivity contribution is 5.58. The van der Waals surface area contributed by atoms with Gasteiger partial charge in [-0.15, -0.1) is 0 Å². The van der Waals surface area contributed by atoms with Gasteiger partial charge in [0.15, 0.2) is 0 Å². The highest BCUT2D eigenvalue weighted by Gasteiger charge is 2.25. The van der Waals surface area contributed by atoms with Crippen molar-refractivity contribution >= 4 is 11.4 Å². The maximum Gasteiger partial charge on any atom is 0.270 e. The average Bonchev–Trinajstić information content (AvgIpc) is 2.47. The maximum atomic E-state index is 13.2. The largest absolute Gasteiger partial charge is 0.371 e.